The van der Waals surface area contributed by atoms with Crippen LogP contribution in [0.5, 0.6) is 0 Å². The summed E-state index contributed by atoms with van der Waals surface area (Å²) in [5.74, 6) is 2.99. The maximum absolute atomic E-state index is 5.84. The maximum Gasteiger partial charge on any atom is 0.219 e. The number of hydrogen-bond acceptors (Lipinski definition) is 11. The first-order valence-corrected chi connectivity index (χ1v) is 13.3. The molecule has 3 fully saturated rings. The fourth-order valence-corrected chi connectivity index (χ4v) is 5.66. The van der Waals surface area contributed by atoms with Gasteiger partial charge in [-0.2, -0.15) is 0 Å². The Kier molecular flexibility index (Phi) is 7.91. The quantitative estimate of drug-likeness (QED) is 0.507. The minimum atomic E-state index is 0. The van der Waals surface area contributed by atoms with E-state index in [1.54, 1.807) is 12.4 Å². The minimum absolute atomic E-state index is 0. The molecule has 3 unspecified atom stereocenters. The van der Waals surface area contributed by atoms with Crippen molar-refractivity contribution < 1.29 is 9.47 Å². The summed E-state index contributed by atoms with van der Waals surface area (Å²) >= 11 is 0. The normalized spacial score (nSPS) is 24.4. The van der Waals surface area contributed by atoms with E-state index in [1.807, 2.05) is 0 Å². The number of nitrogen functional groups attached to an aromatic ring is 1. The van der Waals surface area contributed by atoms with Crippen molar-refractivity contribution in [1.82, 2.24) is 34.8 Å². The molecule has 0 aromatic carbocycles. The third kappa shape index (κ3) is 5.38. The van der Waals surface area contributed by atoms with Crippen molar-refractivity contribution in [2.75, 3.05) is 68.1 Å². The zero-order valence-corrected chi connectivity index (χ0v) is 21.6. The molecule has 0 radical (unpaired) electrons. The van der Waals surface area contributed by atoms with Gasteiger partial charge in [0.05, 0.1) is 25.4 Å². The first-order valence-electron chi connectivity index (χ1n) is 13.3. The molecule has 38 heavy (non-hydrogen) atoms. The molecule has 3 aliphatic rings. The second-order valence-corrected chi connectivity index (χ2v) is 10.5. The van der Waals surface area contributed by atoms with Crippen LogP contribution in [0.1, 0.15) is 34.1 Å². The highest BCUT2D eigenvalue weighted by Gasteiger charge is 2.30. The van der Waals surface area contributed by atoms with Gasteiger partial charge in [-0.25, -0.2) is 24.9 Å². The number of ether oxygens (including phenoxy) is 2. The van der Waals surface area contributed by atoms with Crippen LogP contribution in [0.25, 0.3) is 22.6 Å². The van der Waals surface area contributed by atoms with Crippen molar-refractivity contribution in [3.05, 3.63) is 12.4 Å². The van der Waals surface area contributed by atoms with Crippen molar-refractivity contribution in [3.8, 4) is 11.4 Å². The van der Waals surface area contributed by atoms with Gasteiger partial charge in [-0.05, 0) is 26.7 Å². The Labute approximate surface area is 224 Å². The molecule has 3 N–H and O–H groups in total. The summed E-state index contributed by atoms with van der Waals surface area (Å²) in [7, 11) is 0. The van der Waals surface area contributed by atoms with Crippen LogP contribution in [0.2, 0.25) is 0 Å². The van der Waals surface area contributed by atoms with Crippen molar-refractivity contribution in [1.29, 1.82) is 0 Å². The molecule has 206 valence electrons. The fourth-order valence-electron chi connectivity index (χ4n) is 5.66. The Bertz CT molecular complexity index is 1210. The molecule has 3 aromatic rings. The smallest absolute Gasteiger partial charge is 0.219 e. The summed E-state index contributed by atoms with van der Waals surface area (Å²) in [6.45, 7) is 11.4. The lowest BCUT2D eigenvalue weighted by molar-refractivity contribution is 0.0488. The van der Waals surface area contributed by atoms with Gasteiger partial charge < -0.3 is 30.3 Å². The summed E-state index contributed by atoms with van der Waals surface area (Å²) < 4.78 is 13.8. The number of anilines is 3. The van der Waals surface area contributed by atoms with E-state index < -0.39 is 0 Å². The molecule has 6 rings (SSSR count). The molecule has 12 heteroatoms. The van der Waals surface area contributed by atoms with Crippen molar-refractivity contribution in [3.63, 3.8) is 0 Å². The van der Waals surface area contributed by atoms with Crippen LogP contribution in [-0.2, 0) is 16.0 Å². The number of hydrogen-bond donors (Lipinski definition) is 2. The molecule has 0 saturated carbocycles. The number of fused-ring (bicyclic) bond motifs is 1. The lowest BCUT2D eigenvalue weighted by Crippen LogP contribution is -2.55. The molecular weight excluding hydrogens is 484 g/mol. The molecule has 3 atom stereocenters. The Morgan fingerprint density at radius 2 is 1.71 bits per heavy atom. The lowest BCUT2D eigenvalue weighted by Gasteiger charge is -2.37. The summed E-state index contributed by atoms with van der Waals surface area (Å²) in [4.78, 5) is 28.4. The number of morpholine rings is 1. The topological polar surface area (TPSA) is 132 Å². The maximum atomic E-state index is 5.84. The molecular formula is C26H40N10O2. The predicted octanol–water partition coefficient (Wildman–Crippen LogP) is 1.95. The summed E-state index contributed by atoms with van der Waals surface area (Å²) in [5, 5.41) is 3.64. The highest BCUT2D eigenvalue weighted by Crippen LogP contribution is 2.33. The van der Waals surface area contributed by atoms with Crippen LogP contribution in [0, 0.1) is 5.92 Å². The predicted molar refractivity (Wildman–Crippen MR) is 148 cm³/mol. The fraction of sp³-hybridized carbons (Fsp3) is 0.654. The summed E-state index contributed by atoms with van der Waals surface area (Å²) in [6.07, 6.45) is 5.58. The molecule has 3 saturated heterocycles. The first kappa shape index (κ1) is 26.5. The molecule has 0 bridgehead atoms. The van der Waals surface area contributed by atoms with Crippen molar-refractivity contribution in [2.24, 2.45) is 5.92 Å². The number of nitrogens with zero attached hydrogens (tertiary/aromatic N) is 8. The number of rotatable bonds is 5. The average Bonchev–Trinajstić information content (AvgIpc) is 3.27. The second kappa shape index (κ2) is 11.3. The van der Waals surface area contributed by atoms with Crippen LogP contribution in [0.3, 0.4) is 0 Å². The van der Waals surface area contributed by atoms with Gasteiger partial charge in [0, 0.05) is 69.7 Å². The standard InChI is InChI=1S/C25H36N10O2.CH4/c1-16-12-34(13-17(2)29-16)25-30-20-22(33-5-8-36-9-6-33)31-21(19-10-27-24(26)28-11-19)32-23(20)35(25)14-18-4-3-7-37-15-18;/h10-11,16-18,29H,3-9,12-15H2,1-2H3,(H2,26,27,28);1H4. The van der Waals surface area contributed by atoms with Crippen LogP contribution in [0.15, 0.2) is 12.4 Å². The van der Waals surface area contributed by atoms with E-state index in [9.17, 15) is 0 Å². The Balaban J connectivity index is 0.00000294. The average molecular weight is 525 g/mol. The number of piperazine rings is 1. The van der Waals surface area contributed by atoms with Crippen LogP contribution >= 0.6 is 0 Å². The minimum Gasteiger partial charge on any atom is -0.381 e. The molecule has 0 amide bonds. The van der Waals surface area contributed by atoms with Crippen LogP contribution in [0.4, 0.5) is 17.7 Å². The molecule has 3 aliphatic heterocycles. The number of imidazole rings is 1. The van der Waals surface area contributed by atoms with Crippen LogP contribution < -0.4 is 20.9 Å². The zero-order valence-electron chi connectivity index (χ0n) is 21.6. The highest BCUT2D eigenvalue weighted by atomic mass is 16.5. The first-order chi connectivity index (χ1) is 18.0. The molecule has 12 nitrogen and oxygen atoms in total. The van der Waals surface area contributed by atoms with Gasteiger partial charge in [-0.15, -0.1) is 0 Å². The SMILES string of the molecule is C.CC1CN(c2nc3c(N4CCOCC4)nc(-c4cnc(N)nc4)nc3n2CC2CCCOC2)CC(C)N1. The van der Waals surface area contributed by atoms with E-state index in [0.717, 1.165) is 87.3 Å². The molecule has 0 aliphatic carbocycles. The molecule has 0 spiro atoms. The van der Waals surface area contributed by atoms with E-state index in [-0.39, 0.29) is 13.4 Å². The van der Waals surface area contributed by atoms with Gasteiger partial charge in [0.15, 0.2) is 22.8 Å². The molecule has 6 heterocycles. The summed E-state index contributed by atoms with van der Waals surface area (Å²) in [5.41, 5.74) is 8.15. The zero-order chi connectivity index (χ0) is 25.4. The number of aromatic nitrogens is 6. The third-order valence-electron chi connectivity index (χ3n) is 7.33. The number of nitrogens with one attached hydrogen (secondary N) is 1. The Morgan fingerprint density at radius 1 is 0.974 bits per heavy atom. The highest BCUT2D eigenvalue weighted by molar-refractivity contribution is 5.88. The number of nitrogens with two attached hydrogens (primary N) is 1. The van der Waals surface area contributed by atoms with Crippen molar-refractivity contribution >= 4 is 28.9 Å². The Hall–Kier alpha value is -3.09. The van der Waals surface area contributed by atoms with Gasteiger partial charge in [-0.3, -0.25) is 4.57 Å². The largest absolute Gasteiger partial charge is 0.381 e. The van der Waals surface area contributed by atoms with E-state index in [2.05, 4.69) is 43.5 Å². The van der Waals surface area contributed by atoms with Gasteiger partial charge in [-0.1, -0.05) is 7.43 Å². The summed E-state index contributed by atoms with van der Waals surface area (Å²) in [6, 6.07) is 0.727. The van der Waals surface area contributed by atoms with Gasteiger partial charge in [0.1, 0.15) is 0 Å². The van der Waals surface area contributed by atoms with Gasteiger partial charge in [0.25, 0.3) is 0 Å². The van der Waals surface area contributed by atoms with E-state index in [4.69, 9.17) is 30.2 Å². The van der Waals surface area contributed by atoms with E-state index in [1.165, 1.54) is 0 Å². The van der Waals surface area contributed by atoms with E-state index in [0.29, 0.717) is 37.0 Å². The van der Waals surface area contributed by atoms with Gasteiger partial charge in [0.2, 0.25) is 11.9 Å². The molecule has 3 aromatic heterocycles. The van der Waals surface area contributed by atoms with E-state index >= 15 is 0 Å². The van der Waals surface area contributed by atoms with Gasteiger partial charge >= 0.3 is 0 Å². The monoisotopic (exact) mass is 524 g/mol. The van der Waals surface area contributed by atoms with Crippen LogP contribution in [-0.4, -0.2) is 94.2 Å². The second-order valence-electron chi connectivity index (χ2n) is 10.5. The third-order valence-corrected chi connectivity index (χ3v) is 7.33. The van der Waals surface area contributed by atoms with Crippen molar-refractivity contribution in [2.45, 2.75) is 52.7 Å². The lowest BCUT2D eigenvalue weighted by atomic mass is 10.0. The Morgan fingerprint density at radius 3 is 2.39 bits per heavy atom.